The molecular weight excluding hydrogens is 218 g/mol. The number of aliphatic hydroxyl groups excluding tert-OH is 1. The molecule has 0 bridgehead atoms. The molecule has 1 aliphatic rings. The second-order valence-corrected chi connectivity index (χ2v) is 5.12. The van der Waals surface area contributed by atoms with Crippen molar-refractivity contribution in [2.45, 2.75) is 58.1 Å². The molecule has 0 saturated carbocycles. The Kier molecular flexibility index (Phi) is 6.52. The number of rotatable bonds is 6. The third-order valence-corrected chi connectivity index (χ3v) is 3.28. The van der Waals surface area contributed by atoms with Crippen LogP contribution in [0.5, 0.6) is 0 Å². The van der Waals surface area contributed by atoms with Gasteiger partial charge in [-0.2, -0.15) is 0 Å². The van der Waals surface area contributed by atoms with Crippen LogP contribution in [-0.4, -0.2) is 36.4 Å². The number of nitrogens with one attached hydrogen (secondary N) is 1. The van der Waals surface area contributed by atoms with Crippen molar-refractivity contribution < 1.29 is 14.6 Å². The van der Waals surface area contributed by atoms with E-state index in [9.17, 15) is 4.79 Å². The smallest absolute Gasteiger partial charge is 0.222 e. The fourth-order valence-corrected chi connectivity index (χ4v) is 2.15. The lowest BCUT2D eigenvalue weighted by Gasteiger charge is -2.25. The molecule has 0 aromatic heterocycles. The summed E-state index contributed by atoms with van der Waals surface area (Å²) in [5, 5.41) is 11.9. The highest BCUT2D eigenvalue weighted by molar-refractivity contribution is 5.76. The van der Waals surface area contributed by atoms with E-state index < -0.39 is 0 Å². The number of amides is 1. The maximum absolute atomic E-state index is 11.8. The molecule has 0 aromatic carbocycles. The minimum atomic E-state index is 0.0454. The monoisotopic (exact) mass is 243 g/mol. The van der Waals surface area contributed by atoms with Gasteiger partial charge < -0.3 is 15.2 Å². The van der Waals surface area contributed by atoms with Crippen LogP contribution in [0.2, 0.25) is 0 Å². The lowest BCUT2D eigenvalue weighted by molar-refractivity contribution is -0.126. The molecule has 4 heteroatoms. The quantitative estimate of drug-likeness (QED) is 0.742. The third kappa shape index (κ3) is 5.50. The predicted molar refractivity (Wildman–Crippen MR) is 66.7 cm³/mol. The number of aliphatic hydroxyl groups is 1. The minimum absolute atomic E-state index is 0.0454. The van der Waals surface area contributed by atoms with E-state index >= 15 is 0 Å². The van der Waals surface area contributed by atoms with E-state index in [1.165, 1.54) is 0 Å². The molecule has 2 unspecified atom stereocenters. The highest BCUT2D eigenvalue weighted by Gasteiger charge is 2.20. The Labute approximate surface area is 104 Å². The summed E-state index contributed by atoms with van der Waals surface area (Å²) >= 11 is 0. The van der Waals surface area contributed by atoms with Crippen molar-refractivity contribution >= 4 is 5.91 Å². The van der Waals surface area contributed by atoms with Crippen molar-refractivity contribution in [2.24, 2.45) is 5.92 Å². The molecule has 1 amide bonds. The van der Waals surface area contributed by atoms with Crippen LogP contribution in [0.15, 0.2) is 0 Å². The van der Waals surface area contributed by atoms with Gasteiger partial charge in [-0.1, -0.05) is 13.8 Å². The highest BCUT2D eigenvalue weighted by atomic mass is 16.5. The molecule has 1 saturated heterocycles. The van der Waals surface area contributed by atoms with Crippen LogP contribution in [0.4, 0.5) is 0 Å². The molecule has 0 spiro atoms. The van der Waals surface area contributed by atoms with Crippen LogP contribution in [0.25, 0.3) is 0 Å². The van der Waals surface area contributed by atoms with E-state index in [4.69, 9.17) is 9.84 Å². The molecule has 0 aliphatic carbocycles. The zero-order valence-electron chi connectivity index (χ0n) is 10.9. The number of hydrogen-bond acceptors (Lipinski definition) is 3. The first kappa shape index (κ1) is 14.5. The van der Waals surface area contributed by atoms with Crippen LogP contribution in [0.1, 0.15) is 46.0 Å². The van der Waals surface area contributed by atoms with Crippen molar-refractivity contribution in [3.63, 3.8) is 0 Å². The third-order valence-electron chi connectivity index (χ3n) is 3.28. The average molecular weight is 243 g/mol. The van der Waals surface area contributed by atoms with Crippen molar-refractivity contribution in [3.05, 3.63) is 0 Å². The normalized spacial score (nSPS) is 22.5. The molecule has 1 fully saturated rings. The zero-order chi connectivity index (χ0) is 12.7. The van der Waals surface area contributed by atoms with E-state index in [0.717, 1.165) is 25.9 Å². The molecule has 1 rings (SSSR count). The summed E-state index contributed by atoms with van der Waals surface area (Å²) in [5.74, 6) is 0.391. The maximum Gasteiger partial charge on any atom is 0.222 e. The number of hydrogen-bond donors (Lipinski definition) is 2. The van der Waals surface area contributed by atoms with E-state index in [1.807, 2.05) is 0 Å². The minimum Gasteiger partial charge on any atom is -0.396 e. The van der Waals surface area contributed by atoms with E-state index in [2.05, 4.69) is 19.2 Å². The number of ether oxygens (including phenoxy) is 1. The fourth-order valence-electron chi connectivity index (χ4n) is 2.15. The van der Waals surface area contributed by atoms with Crippen molar-refractivity contribution in [2.75, 3.05) is 13.2 Å². The summed E-state index contributed by atoms with van der Waals surface area (Å²) in [6.45, 7) is 5.00. The SMILES string of the molecule is CC(C)C(CCO)NC(=O)CC1CCCCO1. The molecule has 2 atom stereocenters. The summed E-state index contributed by atoms with van der Waals surface area (Å²) in [6, 6.07) is 0.0658. The zero-order valence-corrected chi connectivity index (χ0v) is 10.9. The molecule has 1 heterocycles. The van der Waals surface area contributed by atoms with Crippen molar-refractivity contribution in [1.82, 2.24) is 5.32 Å². The molecule has 100 valence electrons. The van der Waals surface area contributed by atoms with E-state index in [1.54, 1.807) is 0 Å². The van der Waals surface area contributed by atoms with E-state index in [0.29, 0.717) is 18.8 Å². The first-order chi connectivity index (χ1) is 8.13. The molecule has 1 aliphatic heterocycles. The fraction of sp³-hybridized carbons (Fsp3) is 0.923. The Bertz CT molecular complexity index is 225. The van der Waals surface area contributed by atoms with Gasteiger partial charge in [0.25, 0.3) is 0 Å². The lowest BCUT2D eigenvalue weighted by Crippen LogP contribution is -2.41. The van der Waals surface area contributed by atoms with Crippen LogP contribution in [0.3, 0.4) is 0 Å². The Morgan fingerprint density at radius 3 is 2.76 bits per heavy atom. The van der Waals surface area contributed by atoms with Gasteiger partial charge in [0.2, 0.25) is 5.91 Å². The largest absolute Gasteiger partial charge is 0.396 e. The first-order valence-corrected chi connectivity index (χ1v) is 6.65. The summed E-state index contributed by atoms with van der Waals surface area (Å²) in [4.78, 5) is 11.8. The standard InChI is InChI=1S/C13H25NO3/c1-10(2)12(6-7-15)14-13(16)9-11-5-3-4-8-17-11/h10-12,15H,3-9H2,1-2H3,(H,14,16). The van der Waals surface area contributed by atoms with Gasteiger partial charge in [-0.05, 0) is 31.6 Å². The summed E-state index contributed by atoms with van der Waals surface area (Å²) in [6.07, 6.45) is 4.41. The van der Waals surface area contributed by atoms with Crippen molar-refractivity contribution in [3.8, 4) is 0 Å². The molecule has 2 N–H and O–H groups in total. The second kappa shape index (κ2) is 7.67. The van der Waals surface area contributed by atoms with Gasteiger partial charge >= 0.3 is 0 Å². The van der Waals surface area contributed by atoms with Crippen LogP contribution >= 0.6 is 0 Å². The molecule has 4 nitrogen and oxygen atoms in total. The van der Waals surface area contributed by atoms with E-state index in [-0.39, 0.29) is 24.7 Å². The predicted octanol–water partition coefficient (Wildman–Crippen LogP) is 1.47. The molecular formula is C13H25NO3. The lowest BCUT2D eigenvalue weighted by atomic mass is 10.0. The van der Waals surface area contributed by atoms with Gasteiger partial charge in [0.15, 0.2) is 0 Å². The van der Waals surface area contributed by atoms with Gasteiger partial charge in [0.1, 0.15) is 0 Å². The maximum atomic E-state index is 11.8. The van der Waals surface area contributed by atoms with Crippen molar-refractivity contribution in [1.29, 1.82) is 0 Å². The van der Waals surface area contributed by atoms with Gasteiger partial charge in [-0.3, -0.25) is 4.79 Å². The van der Waals surface area contributed by atoms with Gasteiger partial charge in [0.05, 0.1) is 12.5 Å². The average Bonchev–Trinajstić information content (AvgIpc) is 2.29. The van der Waals surface area contributed by atoms with Crippen LogP contribution in [-0.2, 0) is 9.53 Å². The van der Waals surface area contributed by atoms with Crippen LogP contribution < -0.4 is 5.32 Å². The molecule has 0 aromatic rings. The second-order valence-electron chi connectivity index (χ2n) is 5.12. The number of carbonyl (C=O) groups is 1. The summed E-state index contributed by atoms with van der Waals surface area (Å²) < 4.78 is 5.54. The molecule has 17 heavy (non-hydrogen) atoms. The Morgan fingerprint density at radius 2 is 2.24 bits per heavy atom. The van der Waals surface area contributed by atoms with Gasteiger partial charge in [0, 0.05) is 19.3 Å². The Balaban J connectivity index is 2.30. The highest BCUT2D eigenvalue weighted by Crippen LogP contribution is 2.16. The van der Waals surface area contributed by atoms with Gasteiger partial charge in [-0.15, -0.1) is 0 Å². The Morgan fingerprint density at radius 1 is 1.47 bits per heavy atom. The topological polar surface area (TPSA) is 58.6 Å². The van der Waals surface area contributed by atoms with Crippen LogP contribution in [0, 0.1) is 5.92 Å². The number of carbonyl (C=O) groups excluding carboxylic acids is 1. The first-order valence-electron chi connectivity index (χ1n) is 6.65. The molecule has 0 radical (unpaired) electrons. The van der Waals surface area contributed by atoms with Gasteiger partial charge in [-0.25, -0.2) is 0 Å². The summed E-state index contributed by atoms with van der Waals surface area (Å²) in [5.41, 5.74) is 0. The summed E-state index contributed by atoms with van der Waals surface area (Å²) in [7, 11) is 0. The Hall–Kier alpha value is -0.610.